The van der Waals surface area contributed by atoms with Gasteiger partial charge in [0.25, 0.3) is 0 Å². The summed E-state index contributed by atoms with van der Waals surface area (Å²) in [6.45, 7) is 0.351. The molecule has 0 spiro atoms. The molecule has 2 N–H and O–H groups in total. The van der Waals surface area contributed by atoms with E-state index in [4.69, 9.17) is 0 Å². The molecule has 8 heteroatoms. The molecule has 1 atom stereocenters. The average Bonchev–Trinajstić information content (AvgIpc) is 3.18. The molecule has 1 heterocycles. The van der Waals surface area contributed by atoms with Gasteiger partial charge >= 0.3 is 0 Å². The van der Waals surface area contributed by atoms with Crippen LogP contribution in [0.1, 0.15) is 37.7 Å². The van der Waals surface area contributed by atoms with Gasteiger partial charge in [-0.25, -0.2) is 17.2 Å². The average molecular weight is 385 g/mol. The summed E-state index contributed by atoms with van der Waals surface area (Å²) in [4.78, 5) is 4.14. The first-order valence-corrected chi connectivity index (χ1v) is 10.8. The number of benzene rings is 1. The zero-order valence-electron chi connectivity index (χ0n) is 14.9. The molecular weight excluding hydrogens is 360 g/mol. The van der Waals surface area contributed by atoms with Gasteiger partial charge in [-0.2, -0.15) is 0 Å². The molecule has 1 unspecified atom stereocenters. The summed E-state index contributed by atoms with van der Waals surface area (Å²) in [5, 5.41) is 6.29. The molecule has 3 rings (SSSR count). The van der Waals surface area contributed by atoms with E-state index < -0.39 is 26.9 Å². The molecule has 1 saturated heterocycles. The highest BCUT2D eigenvalue weighted by Crippen LogP contribution is 2.42. The highest BCUT2D eigenvalue weighted by molar-refractivity contribution is 7.91. The van der Waals surface area contributed by atoms with Crippen molar-refractivity contribution in [1.29, 1.82) is 0 Å². The quantitative estimate of drug-likeness (QED) is 0.615. The maximum Gasteiger partial charge on any atom is 0.191 e. The van der Waals surface area contributed by atoms with Gasteiger partial charge in [-0.15, -0.1) is 0 Å². The summed E-state index contributed by atoms with van der Waals surface area (Å²) in [5.41, 5.74) is -0.474. The van der Waals surface area contributed by atoms with Gasteiger partial charge in [-0.3, -0.25) is 4.99 Å². The number of rotatable bonds is 4. The molecule has 1 aromatic rings. The van der Waals surface area contributed by atoms with Crippen LogP contribution in [0.15, 0.2) is 23.2 Å². The lowest BCUT2D eigenvalue weighted by Crippen LogP contribution is -2.48. The molecule has 2 aliphatic rings. The van der Waals surface area contributed by atoms with Gasteiger partial charge in [0.2, 0.25) is 0 Å². The highest BCUT2D eigenvalue weighted by atomic mass is 32.2. The molecule has 0 bridgehead atoms. The summed E-state index contributed by atoms with van der Waals surface area (Å²) in [5.74, 6) is -0.306. The van der Waals surface area contributed by atoms with Crippen LogP contribution in [0, 0.1) is 11.6 Å². The van der Waals surface area contributed by atoms with E-state index in [0.717, 1.165) is 12.8 Å². The molecule has 1 saturated carbocycles. The lowest BCUT2D eigenvalue weighted by Gasteiger charge is -2.31. The molecule has 1 aromatic carbocycles. The summed E-state index contributed by atoms with van der Waals surface area (Å²) < 4.78 is 52.0. The lowest BCUT2D eigenvalue weighted by molar-refractivity contribution is 0.385. The Morgan fingerprint density at radius 2 is 1.92 bits per heavy atom. The summed E-state index contributed by atoms with van der Waals surface area (Å²) >= 11 is 0. The van der Waals surface area contributed by atoms with E-state index in [1.807, 2.05) is 0 Å². The third-order valence-corrected chi connectivity index (χ3v) is 7.21. The Labute approximate surface area is 153 Å². The molecular formula is C18H25F2N3O2S. The van der Waals surface area contributed by atoms with E-state index in [9.17, 15) is 17.2 Å². The van der Waals surface area contributed by atoms with E-state index >= 15 is 0 Å². The van der Waals surface area contributed by atoms with Crippen LogP contribution >= 0.6 is 0 Å². The van der Waals surface area contributed by atoms with Crippen molar-refractivity contribution in [2.45, 2.75) is 43.6 Å². The number of nitrogens with zero attached hydrogens (tertiary/aromatic N) is 1. The molecule has 1 aliphatic carbocycles. The van der Waals surface area contributed by atoms with E-state index in [-0.39, 0.29) is 23.1 Å². The monoisotopic (exact) mass is 385 g/mol. The second-order valence-corrected chi connectivity index (χ2v) is 9.48. The van der Waals surface area contributed by atoms with Crippen molar-refractivity contribution in [2.24, 2.45) is 4.99 Å². The number of hydrogen-bond acceptors (Lipinski definition) is 3. The first-order chi connectivity index (χ1) is 12.4. The van der Waals surface area contributed by atoms with E-state index in [0.29, 0.717) is 31.8 Å². The second-order valence-electron chi connectivity index (χ2n) is 7.25. The zero-order valence-corrected chi connectivity index (χ0v) is 15.7. The van der Waals surface area contributed by atoms with Crippen molar-refractivity contribution >= 4 is 15.8 Å². The molecule has 2 fully saturated rings. The van der Waals surface area contributed by atoms with Crippen LogP contribution in [-0.4, -0.2) is 45.5 Å². The van der Waals surface area contributed by atoms with Gasteiger partial charge in [0.1, 0.15) is 11.6 Å². The van der Waals surface area contributed by atoms with Crippen molar-refractivity contribution in [2.75, 3.05) is 25.1 Å². The number of hydrogen-bond donors (Lipinski definition) is 2. The van der Waals surface area contributed by atoms with E-state index in [2.05, 4.69) is 15.6 Å². The van der Waals surface area contributed by atoms with Crippen LogP contribution in [-0.2, 0) is 15.3 Å². The van der Waals surface area contributed by atoms with Gasteiger partial charge in [0.05, 0.1) is 11.5 Å². The Morgan fingerprint density at radius 1 is 1.27 bits per heavy atom. The number of halogens is 2. The van der Waals surface area contributed by atoms with Crippen molar-refractivity contribution in [3.8, 4) is 0 Å². The van der Waals surface area contributed by atoms with Crippen molar-refractivity contribution in [3.63, 3.8) is 0 Å². The first-order valence-electron chi connectivity index (χ1n) is 8.97. The Balaban J connectivity index is 1.73. The highest BCUT2D eigenvalue weighted by Gasteiger charge is 2.40. The van der Waals surface area contributed by atoms with Crippen LogP contribution < -0.4 is 10.6 Å². The summed E-state index contributed by atoms with van der Waals surface area (Å²) in [7, 11) is -1.39. The minimum Gasteiger partial charge on any atom is -0.356 e. The van der Waals surface area contributed by atoms with Crippen molar-refractivity contribution < 1.29 is 17.2 Å². The minimum absolute atomic E-state index is 0.0841. The first kappa shape index (κ1) is 19.1. The SMILES string of the molecule is CN=C(NCC1(c2c(F)cccc2F)CCCC1)NC1CCS(=O)(=O)C1. The molecule has 0 radical (unpaired) electrons. The fourth-order valence-electron chi connectivity index (χ4n) is 4.12. The van der Waals surface area contributed by atoms with Gasteiger partial charge in [0, 0.05) is 30.6 Å². The van der Waals surface area contributed by atoms with Crippen molar-refractivity contribution in [1.82, 2.24) is 10.6 Å². The maximum absolute atomic E-state index is 14.4. The Hall–Kier alpha value is -1.70. The van der Waals surface area contributed by atoms with Crippen LogP contribution in [0.5, 0.6) is 0 Å². The Bertz CT molecular complexity index is 769. The largest absolute Gasteiger partial charge is 0.356 e. The third-order valence-electron chi connectivity index (χ3n) is 5.44. The Morgan fingerprint density at radius 3 is 2.46 bits per heavy atom. The fourth-order valence-corrected chi connectivity index (χ4v) is 5.79. The van der Waals surface area contributed by atoms with Gasteiger partial charge < -0.3 is 10.6 Å². The van der Waals surface area contributed by atoms with E-state index in [1.54, 1.807) is 7.05 Å². The number of sulfone groups is 1. The van der Waals surface area contributed by atoms with Crippen LogP contribution in [0.3, 0.4) is 0 Å². The topological polar surface area (TPSA) is 70.6 Å². The molecule has 1 aliphatic heterocycles. The number of guanidine groups is 1. The zero-order chi connectivity index (χ0) is 18.8. The second kappa shape index (κ2) is 7.50. The van der Waals surface area contributed by atoms with Crippen LogP contribution in [0.2, 0.25) is 0 Å². The standard InChI is InChI=1S/C18H25F2N3O2S/c1-21-17(23-13-7-10-26(24,25)11-13)22-12-18(8-2-3-9-18)16-14(19)5-4-6-15(16)20/h4-6,13H,2-3,7-12H2,1H3,(H2,21,22,23). The van der Waals surface area contributed by atoms with Crippen LogP contribution in [0.25, 0.3) is 0 Å². The van der Waals surface area contributed by atoms with E-state index in [1.165, 1.54) is 18.2 Å². The van der Waals surface area contributed by atoms with Gasteiger partial charge in [-0.1, -0.05) is 18.9 Å². The van der Waals surface area contributed by atoms with Crippen LogP contribution in [0.4, 0.5) is 8.78 Å². The lowest BCUT2D eigenvalue weighted by atomic mass is 9.78. The predicted octanol–water partition coefficient (Wildman–Crippen LogP) is 2.13. The van der Waals surface area contributed by atoms with Gasteiger partial charge in [0.15, 0.2) is 15.8 Å². The molecule has 5 nitrogen and oxygen atoms in total. The van der Waals surface area contributed by atoms with Crippen molar-refractivity contribution in [3.05, 3.63) is 35.4 Å². The molecule has 0 amide bonds. The molecule has 26 heavy (non-hydrogen) atoms. The normalized spacial score (nSPS) is 24.6. The number of aliphatic imine (C=N–C) groups is 1. The van der Waals surface area contributed by atoms with Gasteiger partial charge in [-0.05, 0) is 31.4 Å². The summed E-state index contributed by atoms with van der Waals surface area (Å²) in [6, 6.07) is 3.80. The molecule has 0 aromatic heterocycles. The maximum atomic E-state index is 14.4. The Kier molecular flexibility index (Phi) is 5.50. The smallest absolute Gasteiger partial charge is 0.191 e. The third kappa shape index (κ3) is 4.00. The summed E-state index contributed by atoms with van der Waals surface area (Å²) in [6.07, 6.45) is 3.78. The minimum atomic E-state index is -2.99. The number of nitrogens with one attached hydrogen (secondary N) is 2. The predicted molar refractivity (Wildman–Crippen MR) is 98.1 cm³/mol. The fraction of sp³-hybridized carbons (Fsp3) is 0.611. The molecule has 144 valence electrons.